The number of hydrogen-bond donors (Lipinski definition) is 3. The minimum Gasteiger partial charge on any atom is -0.369 e. The van der Waals surface area contributed by atoms with Crippen molar-refractivity contribution in [3.63, 3.8) is 0 Å². The normalized spacial score (nSPS) is 11.0. The number of nitrogens with zero attached hydrogens (tertiary/aromatic N) is 2. The van der Waals surface area contributed by atoms with Crippen LogP contribution in [0.3, 0.4) is 0 Å². The Bertz CT molecular complexity index is 1450. The van der Waals surface area contributed by atoms with E-state index in [2.05, 4.69) is 20.5 Å². The van der Waals surface area contributed by atoms with E-state index in [-0.39, 0.29) is 11.8 Å². The summed E-state index contributed by atoms with van der Waals surface area (Å²) in [5, 5.41) is 5.92. The second-order valence-corrected chi connectivity index (χ2v) is 10.8. The van der Waals surface area contributed by atoms with Crippen LogP contribution in [-0.2, 0) is 4.79 Å². The first-order valence-corrected chi connectivity index (χ1v) is 15.1. The SMILES string of the molecule is CSCCC(=O)Nc1cccc(-c2nc3cc(C(=O)Nc4ccc(N(CCCl)CCCl)c(C)c4)ccc3[nH]2)c1. The summed E-state index contributed by atoms with van der Waals surface area (Å²) < 4.78 is 0. The Labute approximate surface area is 242 Å². The Morgan fingerprint density at radius 3 is 2.46 bits per heavy atom. The van der Waals surface area contributed by atoms with Gasteiger partial charge in [-0.05, 0) is 67.3 Å². The van der Waals surface area contributed by atoms with Gasteiger partial charge in [0.2, 0.25) is 5.91 Å². The molecule has 2 amide bonds. The van der Waals surface area contributed by atoms with Gasteiger partial charge in [-0.25, -0.2) is 4.98 Å². The molecule has 3 N–H and O–H groups in total. The molecule has 3 aromatic carbocycles. The fraction of sp³-hybridized carbons (Fsp3) is 0.276. The molecule has 1 heterocycles. The highest BCUT2D eigenvalue weighted by Crippen LogP contribution is 2.26. The summed E-state index contributed by atoms with van der Waals surface area (Å²) in [6.45, 7) is 3.40. The van der Waals surface area contributed by atoms with Crippen molar-refractivity contribution < 1.29 is 9.59 Å². The van der Waals surface area contributed by atoms with Gasteiger partial charge in [0, 0.05) is 65.2 Å². The van der Waals surface area contributed by atoms with Crippen molar-refractivity contribution in [1.29, 1.82) is 0 Å². The third-order valence-electron chi connectivity index (χ3n) is 6.20. The van der Waals surface area contributed by atoms with Crippen LogP contribution >= 0.6 is 35.0 Å². The number of carbonyl (C=O) groups is 2. The topological polar surface area (TPSA) is 90.1 Å². The molecule has 0 bridgehead atoms. The molecule has 0 aliphatic rings. The molecule has 0 aliphatic heterocycles. The number of nitrogens with one attached hydrogen (secondary N) is 3. The van der Waals surface area contributed by atoms with Crippen LogP contribution in [0.2, 0.25) is 0 Å². The predicted octanol–water partition coefficient (Wildman–Crippen LogP) is 6.77. The van der Waals surface area contributed by atoms with Crippen LogP contribution in [-0.4, -0.2) is 58.6 Å². The molecule has 0 saturated heterocycles. The number of anilines is 3. The molecule has 7 nitrogen and oxygen atoms in total. The van der Waals surface area contributed by atoms with Crippen LogP contribution in [0, 0.1) is 6.92 Å². The second kappa shape index (κ2) is 13.7. The number of aromatic amines is 1. The fourth-order valence-electron chi connectivity index (χ4n) is 4.29. The van der Waals surface area contributed by atoms with Crippen LogP contribution in [0.15, 0.2) is 60.7 Å². The fourth-order valence-corrected chi connectivity index (χ4v) is 5.09. The number of alkyl halides is 2. The first kappa shape index (κ1) is 28.8. The van der Waals surface area contributed by atoms with Gasteiger partial charge in [0.15, 0.2) is 0 Å². The molecule has 39 heavy (non-hydrogen) atoms. The van der Waals surface area contributed by atoms with E-state index < -0.39 is 0 Å². The van der Waals surface area contributed by atoms with E-state index in [0.717, 1.165) is 28.1 Å². The van der Waals surface area contributed by atoms with Gasteiger partial charge in [0.05, 0.1) is 11.0 Å². The summed E-state index contributed by atoms with van der Waals surface area (Å²) in [5.74, 6) is 2.21. The zero-order valence-corrected chi connectivity index (χ0v) is 24.2. The highest BCUT2D eigenvalue weighted by Gasteiger charge is 2.13. The lowest BCUT2D eigenvalue weighted by atomic mass is 10.1. The number of imidazole rings is 1. The molecule has 1 aromatic heterocycles. The van der Waals surface area contributed by atoms with Crippen molar-refractivity contribution in [3.05, 3.63) is 71.8 Å². The standard InChI is InChI=1S/C29H31Cl2N5O2S/c1-19-16-23(7-9-26(19)36(13-11-30)14-12-31)33-29(38)21-6-8-24-25(18-21)35-28(34-24)20-4-3-5-22(17-20)32-27(37)10-15-39-2/h3-9,16-18H,10-15H2,1-2H3,(H,32,37)(H,33,38)(H,34,35). The number of fused-ring (bicyclic) bond motifs is 1. The first-order chi connectivity index (χ1) is 18.9. The minimum atomic E-state index is -0.220. The lowest BCUT2D eigenvalue weighted by molar-refractivity contribution is -0.115. The molecule has 4 rings (SSSR count). The van der Waals surface area contributed by atoms with Crippen molar-refractivity contribution in [3.8, 4) is 11.4 Å². The molecule has 0 spiro atoms. The number of aromatic nitrogens is 2. The number of amides is 2. The number of hydrogen-bond acceptors (Lipinski definition) is 5. The maximum atomic E-state index is 13.1. The molecule has 0 saturated carbocycles. The van der Waals surface area contributed by atoms with Gasteiger partial charge >= 0.3 is 0 Å². The Hall–Kier alpha value is -3.20. The van der Waals surface area contributed by atoms with E-state index in [1.807, 2.05) is 61.7 Å². The van der Waals surface area contributed by atoms with Gasteiger partial charge in [-0.2, -0.15) is 11.8 Å². The Morgan fingerprint density at radius 2 is 1.74 bits per heavy atom. The summed E-state index contributed by atoms with van der Waals surface area (Å²) in [5.41, 5.74) is 6.33. The van der Waals surface area contributed by atoms with E-state index >= 15 is 0 Å². The number of benzene rings is 3. The van der Waals surface area contributed by atoms with E-state index in [1.165, 1.54) is 0 Å². The Morgan fingerprint density at radius 1 is 0.974 bits per heavy atom. The monoisotopic (exact) mass is 583 g/mol. The number of halogens is 2. The lowest BCUT2D eigenvalue weighted by Crippen LogP contribution is -2.28. The average Bonchev–Trinajstić information content (AvgIpc) is 3.36. The quantitative estimate of drug-likeness (QED) is 0.160. The van der Waals surface area contributed by atoms with Crippen LogP contribution in [0.1, 0.15) is 22.3 Å². The van der Waals surface area contributed by atoms with Gasteiger partial charge in [0.25, 0.3) is 5.91 Å². The van der Waals surface area contributed by atoms with Crippen molar-refractivity contribution in [2.45, 2.75) is 13.3 Å². The zero-order valence-electron chi connectivity index (χ0n) is 21.9. The molecule has 0 fully saturated rings. The minimum absolute atomic E-state index is 0.0190. The van der Waals surface area contributed by atoms with E-state index in [9.17, 15) is 9.59 Å². The largest absolute Gasteiger partial charge is 0.369 e. The van der Waals surface area contributed by atoms with Gasteiger partial charge in [-0.3, -0.25) is 9.59 Å². The maximum Gasteiger partial charge on any atom is 0.255 e. The molecule has 4 aromatic rings. The zero-order chi connectivity index (χ0) is 27.8. The second-order valence-electron chi connectivity index (χ2n) is 9.01. The summed E-state index contributed by atoms with van der Waals surface area (Å²) in [6, 6.07) is 18.7. The molecule has 0 radical (unpaired) electrons. The summed E-state index contributed by atoms with van der Waals surface area (Å²) >= 11 is 13.5. The predicted molar refractivity (Wildman–Crippen MR) is 166 cm³/mol. The number of rotatable bonds is 12. The first-order valence-electron chi connectivity index (χ1n) is 12.6. The molecule has 204 valence electrons. The summed E-state index contributed by atoms with van der Waals surface area (Å²) in [4.78, 5) is 35.3. The van der Waals surface area contributed by atoms with Crippen LogP contribution in [0.4, 0.5) is 17.1 Å². The number of thioether (sulfide) groups is 1. The molecule has 0 aliphatic carbocycles. The third-order valence-corrected chi connectivity index (χ3v) is 7.15. The smallest absolute Gasteiger partial charge is 0.255 e. The highest BCUT2D eigenvalue weighted by molar-refractivity contribution is 7.98. The van der Waals surface area contributed by atoms with Crippen molar-refractivity contribution in [1.82, 2.24) is 9.97 Å². The molecular formula is C29H31Cl2N5O2S. The van der Waals surface area contributed by atoms with Crippen molar-refractivity contribution in [2.75, 3.05) is 52.4 Å². The Kier molecular flexibility index (Phi) is 10.1. The average molecular weight is 585 g/mol. The Balaban J connectivity index is 1.49. The molecular weight excluding hydrogens is 553 g/mol. The van der Waals surface area contributed by atoms with Gasteiger partial charge in [-0.15, -0.1) is 23.2 Å². The van der Waals surface area contributed by atoms with E-state index in [0.29, 0.717) is 59.5 Å². The van der Waals surface area contributed by atoms with E-state index in [1.54, 1.807) is 23.9 Å². The lowest BCUT2D eigenvalue weighted by Gasteiger charge is -2.25. The molecule has 0 atom stereocenters. The van der Waals surface area contributed by atoms with Crippen LogP contribution in [0.25, 0.3) is 22.4 Å². The van der Waals surface area contributed by atoms with Gasteiger partial charge in [0.1, 0.15) is 5.82 Å². The third kappa shape index (κ3) is 7.47. The number of H-pyrrole nitrogens is 1. The summed E-state index contributed by atoms with van der Waals surface area (Å²) in [7, 11) is 0. The summed E-state index contributed by atoms with van der Waals surface area (Å²) in [6.07, 6.45) is 2.44. The molecule has 10 heteroatoms. The van der Waals surface area contributed by atoms with Crippen LogP contribution in [0.5, 0.6) is 0 Å². The highest BCUT2D eigenvalue weighted by atomic mass is 35.5. The maximum absolute atomic E-state index is 13.1. The van der Waals surface area contributed by atoms with E-state index in [4.69, 9.17) is 28.2 Å². The number of carbonyl (C=O) groups excluding carboxylic acids is 2. The molecule has 0 unspecified atom stereocenters. The van der Waals surface area contributed by atoms with Crippen LogP contribution < -0.4 is 15.5 Å². The van der Waals surface area contributed by atoms with Gasteiger partial charge in [-0.1, -0.05) is 12.1 Å². The van der Waals surface area contributed by atoms with Crippen molar-refractivity contribution >= 4 is 74.9 Å². The number of aryl methyl sites for hydroxylation is 1. The van der Waals surface area contributed by atoms with Gasteiger partial charge < -0.3 is 20.5 Å². The van der Waals surface area contributed by atoms with Crippen molar-refractivity contribution in [2.24, 2.45) is 0 Å².